The summed E-state index contributed by atoms with van der Waals surface area (Å²) in [4.78, 5) is 4.82. The highest BCUT2D eigenvalue weighted by Gasteiger charge is 2.12. The molecule has 0 spiro atoms. The number of para-hydroxylation sites is 2. The number of benzene rings is 1. The molecule has 1 fully saturated rings. The number of ether oxygens (including phenoxy) is 3. The van der Waals surface area contributed by atoms with E-state index in [1.165, 1.54) is 0 Å². The van der Waals surface area contributed by atoms with Crippen molar-refractivity contribution in [2.45, 2.75) is 13.3 Å². The Morgan fingerprint density at radius 3 is 2.17 bits per heavy atom. The van der Waals surface area contributed by atoms with Gasteiger partial charge in [0, 0.05) is 32.7 Å². The van der Waals surface area contributed by atoms with E-state index in [0.717, 1.165) is 57.3 Å². The molecular weight excluding hydrogens is 292 g/mol. The van der Waals surface area contributed by atoms with Crippen LogP contribution >= 0.6 is 0 Å². The molecule has 0 N–H and O–H groups in total. The average molecular weight is 322 g/mol. The van der Waals surface area contributed by atoms with Gasteiger partial charge in [-0.05, 0) is 25.6 Å². The predicted octanol–water partition coefficient (Wildman–Crippen LogP) is 2.12. The maximum atomic E-state index is 5.77. The van der Waals surface area contributed by atoms with Crippen molar-refractivity contribution in [2.24, 2.45) is 0 Å². The van der Waals surface area contributed by atoms with E-state index in [1.807, 2.05) is 24.3 Å². The van der Waals surface area contributed by atoms with Crippen LogP contribution < -0.4 is 9.47 Å². The number of piperazine rings is 1. The van der Waals surface area contributed by atoms with Crippen molar-refractivity contribution in [3.05, 3.63) is 24.3 Å². The molecule has 0 saturated carbocycles. The molecule has 23 heavy (non-hydrogen) atoms. The zero-order chi connectivity index (χ0) is 16.3. The monoisotopic (exact) mass is 322 g/mol. The van der Waals surface area contributed by atoms with Crippen molar-refractivity contribution in [1.82, 2.24) is 9.80 Å². The zero-order valence-electron chi connectivity index (χ0n) is 14.5. The quantitative estimate of drug-likeness (QED) is 0.617. The van der Waals surface area contributed by atoms with E-state index in [9.17, 15) is 0 Å². The molecule has 1 aromatic carbocycles. The predicted molar refractivity (Wildman–Crippen MR) is 92.5 cm³/mol. The van der Waals surface area contributed by atoms with Crippen LogP contribution in [0.1, 0.15) is 13.3 Å². The van der Waals surface area contributed by atoms with Crippen LogP contribution in [0.25, 0.3) is 0 Å². The first-order valence-corrected chi connectivity index (χ1v) is 8.63. The molecule has 2 rings (SSSR count). The van der Waals surface area contributed by atoms with Crippen molar-refractivity contribution >= 4 is 0 Å². The number of likely N-dealkylation sites (N-methyl/N-ethyl adjacent to an activating group) is 1. The molecule has 5 heteroatoms. The first-order chi connectivity index (χ1) is 11.3. The smallest absolute Gasteiger partial charge is 0.161 e. The fourth-order valence-electron chi connectivity index (χ4n) is 2.48. The molecule has 5 nitrogen and oxygen atoms in total. The molecule has 1 aliphatic heterocycles. The normalized spacial score (nSPS) is 16.4. The number of hydrogen-bond acceptors (Lipinski definition) is 5. The summed E-state index contributed by atoms with van der Waals surface area (Å²) in [5, 5.41) is 0. The molecule has 0 amide bonds. The maximum absolute atomic E-state index is 5.77. The lowest BCUT2D eigenvalue weighted by Crippen LogP contribution is -2.45. The Balaban J connectivity index is 1.57. The van der Waals surface area contributed by atoms with E-state index < -0.39 is 0 Å². The van der Waals surface area contributed by atoms with Gasteiger partial charge in [-0.1, -0.05) is 19.1 Å². The van der Waals surface area contributed by atoms with Crippen molar-refractivity contribution < 1.29 is 14.2 Å². The van der Waals surface area contributed by atoms with Gasteiger partial charge in [0.2, 0.25) is 0 Å². The summed E-state index contributed by atoms with van der Waals surface area (Å²) in [6.45, 7) is 10.3. The van der Waals surface area contributed by atoms with Gasteiger partial charge in [-0.25, -0.2) is 0 Å². The van der Waals surface area contributed by atoms with Gasteiger partial charge in [-0.3, -0.25) is 4.90 Å². The Bertz CT molecular complexity index is 434. The van der Waals surface area contributed by atoms with Crippen molar-refractivity contribution in [3.63, 3.8) is 0 Å². The molecule has 130 valence electrons. The SMILES string of the molecule is CCCOc1ccccc1OCCOCCN1CCN(C)CC1. The molecule has 0 aromatic heterocycles. The van der Waals surface area contributed by atoms with Crippen LogP contribution in [0.5, 0.6) is 11.5 Å². The summed E-state index contributed by atoms with van der Waals surface area (Å²) >= 11 is 0. The average Bonchev–Trinajstić information content (AvgIpc) is 2.58. The van der Waals surface area contributed by atoms with E-state index >= 15 is 0 Å². The van der Waals surface area contributed by atoms with Crippen LogP contribution in [0.2, 0.25) is 0 Å². The molecule has 1 aliphatic rings. The van der Waals surface area contributed by atoms with Gasteiger partial charge in [-0.15, -0.1) is 0 Å². The third-order valence-corrected chi connectivity index (χ3v) is 3.94. The molecule has 0 bridgehead atoms. The van der Waals surface area contributed by atoms with E-state index in [2.05, 4.69) is 23.8 Å². The van der Waals surface area contributed by atoms with Gasteiger partial charge in [0.1, 0.15) is 6.61 Å². The van der Waals surface area contributed by atoms with Gasteiger partial charge < -0.3 is 19.1 Å². The lowest BCUT2D eigenvalue weighted by molar-refractivity contribution is 0.0651. The standard InChI is InChI=1S/C18H30N2O3/c1-3-13-22-17-6-4-5-7-18(17)23-16-15-21-14-12-20-10-8-19(2)9-11-20/h4-7H,3,8-16H2,1-2H3. The van der Waals surface area contributed by atoms with E-state index in [4.69, 9.17) is 14.2 Å². The number of nitrogens with zero attached hydrogens (tertiary/aromatic N) is 2. The molecular formula is C18H30N2O3. The van der Waals surface area contributed by atoms with E-state index in [1.54, 1.807) is 0 Å². The maximum Gasteiger partial charge on any atom is 0.161 e. The van der Waals surface area contributed by atoms with Crippen molar-refractivity contribution in [1.29, 1.82) is 0 Å². The number of rotatable bonds is 10. The summed E-state index contributed by atoms with van der Waals surface area (Å²) in [7, 11) is 2.17. The van der Waals surface area contributed by atoms with E-state index in [0.29, 0.717) is 19.8 Å². The second-order valence-corrected chi connectivity index (χ2v) is 5.90. The van der Waals surface area contributed by atoms with Crippen LogP contribution in [0.15, 0.2) is 24.3 Å². The Labute approximate surface area is 140 Å². The molecule has 0 atom stereocenters. The molecule has 0 radical (unpaired) electrons. The lowest BCUT2D eigenvalue weighted by atomic mass is 10.3. The van der Waals surface area contributed by atoms with Gasteiger partial charge in [0.05, 0.1) is 19.8 Å². The minimum Gasteiger partial charge on any atom is -0.490 e. The summed E-state index contributed by atoms with van der Waals surface area (Å²) in [5.41, 5.74) is 0. The summed E-state index contributed by atoms with van der Waals surface area (Å²) in [6.07, 6.45) is 0.990. The third kappa shape index (κ3) is 6.77. The largest absolute Gasteiger partial charge is 0.490 e. The van der Waals surface area contributed by atoms with Crippen LogP contribution in [0.4, 0.5) is 0 Å². The zero-order valence-corrected chi connectivity index (χ0v) is 14.5. The summed E-state index contributed by atoms with van der Waals surface area (Å²) in [6, 6.07) is 7.81. The van der Waals surface area contributed by atoms with Crippen LogP contribution in [-0.4, -0.2) is 76.0 Å². The summed E-state index contributed by atoms with van der Waals surface area (Å²) < 4.78 is 17.1. The van der Waals surface area contributed by atoms with Gasteiger partial charge in [0.25, 0.3) is 0 Å². The Hall–Kier alpha value is -1.30. The van der Waals surface area contributed by atoms with Crippen LogP contribution in [0, 0.1) is 0 Å². The topological polar surface area (TPSA) is 34.2 Å². The fourth-order valence-corrected chi connectivity index (χ4v) is 2.48. The fraction of sp³-hybridized carbons (Fsp3) is 0.667. The first kappa shape index (κ1) is 18.0. The second-order valence-electron chi connectivity index (χ2n) is 5.90. The highest BCUT2D eigenvalue weighted by molar-refractivity contribution is 5.39. The first-order valence-electron chi connectivity index (χ1n) is 8.63. The number of hydrogen-bond donors (Lipinski definition) is 0. The highest BCUT2D eigenvalue weighted by Crippen LogP contribution is 2.26. The lowest BCUT2D eigenvalue weighted by Gasteiger charge is -2.32. The van der Waals surface area contributed by atoms with Crippen LogP contribution in [-0.2, 0) is 4.74 Å². The molecule has 0 unspecified atom stereocenters. The second kappa shape index (κ2) is 10.5. The highest BCUT2D eigenvalue weighted by atomic mass is 16.5. The van der Waals surface area contributed by atoms with E-state index in [-0.39, 0.29) is 0 Å². The van der Waals surface area contributed by atoms with Gasteiger partial charge in [0.15, 0.2) is 11.5 Å². The Morgan fingerprint density at radius 1 is 0.870 bits per heavy atom. The third-order valence-electron chi connectivity index (χ3n) is 3.94. The van der Waals surface area contributed by atoms with Gasteiger partial charge in [-0.2, -0.15) is 0 Å². The molecule has 1 heterocycles. The van der Waals surface area contributed by atoms with Crippen molar-refractivity contribution in [3.8, 4) is 11.5 Å². The van der Waals surface area contributed by atoms with Crippen LogP contribution in [0.3, 0.4) is 0 Å². The van der Waals surface area contributed by atoms with Crippen molar-refractivity contribution in [2.75, 3.05) is 66.2 Å². The molecule has 0 aliphatic carbocycles. The summed E-state index contributed by atoms with van der Waals surface area (Å²) in [5.74, 6) is 1.61. The Kier molecular flexibility index (Phi) is 8.21. The van der Waals surface area contributed by atoms with Gasteiger partial charge >= 0.3 is 0 Å². The molecule has 1 aromatic rings. The minimum atomic E-state index is 0.551. The Morgan fingerprint density at radius 2 is 1.52 bits per heavy atom. The molecule has 1 saturated heterocycles. The minimum absolute atomic E-state index is 0.551.